The monoisotopic (exact) mass is 465 g/mol. The largest absolute Gasteiger partial charge is 0.324 e. The third-order valence-electron chi connectivity index (χ3n) is 7.23. The number of nitrogens with one attached hydrogen (secondary N) is 1. The second-order valence-electron chi connectivity index (χ2n) is 8.66. The molecule has 6 rings (SSSR count). The number of anilines is 2. The highest BCUT2D eigenvalue weighted by Crippen LogP contribution is 2.60. The second kappa shape index (κ2) is 6.02. The summed E-state index contributed by atoms with van der Waals surface area (Å²) in [6.45, 7) is 2.71. The minimum atomic E-state index is -1.11. The summed E-state index contributed by atoms with van der Waals surface area (Å²) in [7, 11) is 0. The predicted octanol–water partition coefficient (Wildman–Crippen LogP) is 3.19. The van der Waals surface area contributed by atoms with Crippen molar-refractivity contribution in [3.63, 3.8) is 0 Å². The lowest BCUT2D eigenvalue weighted by atomic mass is 9.75. The number of rotatable bonds is 1. The summed E-state index contributed by atoms with van der Waals surface area (Å²) in [5.41, 5.74) is 2.07. The zero-order valence-corrected chi connectivity index (χ0v) is 18.0. The molecule has 0 saturated carbocycles. The van der Waals surface area contributed by atoms with Gasteiger partial charge in [0, 0.05) is 21.8 Å². The first-order valence-corrected chi connectivity index (χ1v) is 11.1. The summed E-state index contributed by atoms with van der Waals surface area (Å²) in [6.07, 6.45) is 1.74. The van der Waals surface area contributed by atoms with E-state index in [1.54, 1.807) is 12.1 Å². The van der Waals surface area contributed by atoms with Crippen LogP contribution in [-0.4, -0.2) is 35.2 Å². The van der Waals surface area contributed by atoms with E-state index in [-0.39, 0.29) is 23.8 Å². The predicted molar refractivity (Wildman–Crippen MR) is 115 cm³/mol. The Morgan fingerprint density at radius 3 is 2.60 bits per heavy atom. The molecule has 0 bridgehead atoms. The Bertz CT molecular complexity index is 1130. The first-order chi connectivity index (χ1) is 14.4. The van der Waals surface area contributed by atoms with Crippen molar-refractivity contribution in [3.8, 4) is 0 Å². The summed E-state index contributed by atoms with van der Waals surface area (Å²) in [6, 6.07) is 13.0. The second-order valence-corrected chi connectivity index (χ2v) is 9.58. The molecule has 1 N–H and O–H groups in total. The van der Waals surface area contributed by atoms with Gasteiger partial charge >= 0.3 is 0 Å². The van der Waals surface area contributed by atoms with E-state index >= 15 is 0 Å². The molecule has 1 spiro atoms. The standard InChI is InChI=1S/C23H20BrN3O3/c1-12-4-9-16-15(11-12)23(22(30)25-16)19-18(17-3-2-10-26(17)23)20(28)27(21(19)29)14-7-5-13(24)6-8-14/h4-9,11,17-19H,2-3,10H2,1H3,(H,25,30). The fourth-order valence-corrected chi connectivity index (χ4v) is 6.43. The van der Waals surface area contributed by atoms with Crippen molar-refractivity contribution in [1.29, 1.82) is 0 Å². The van der Waals surface area contributed by atoms with E-state index < -0.39 is 17.4 Å². The number of carbonyl (C=O) groups excluding carboxylic acids is 3. The van der Waals surface area contributed by atoms with E-state index in [0.717, 1.165) is 40.7 Å². The summed E-state index contributed by atoms with van der Waals surface area (Å²) in [5, 5.41) is 3.01. The van der Waals surface area contributed by atoms with Gasteiger partial charge < -0.3 is 5.32 Å². The van der Waals surface area contributed by atoms with E-state index in [4.69, 9.17) is 0 Å². The van der Waals surface area contributed by atoms with E-state index in [2.05, 4.69) is 26.1 Å². The molecule has 4 aliphatic rings. The fraction of sp³-hybridized carbons (Fsp3) is 0.348. The van der Waals surface area contributed by atoms with Crippen LogP contribution >= 0.6 is 15.9 Å². The summed E-state index contributed by atoms with van der Waals surface area (Å²) < 4.78 is 0.878. The molecule has 0 radical (unpaired) electrons. The van der Waals surface area contributed by atoms with E-state index in [0.29, 0.717) is 5.69 Å². The van der Waals surface area contributed by atoms with Crippen LogP contribution in [-0.2, 0) is 19.9 Å². The maximum atomic E-state index is 13.8. The van der Waals surface area contributed by atoms with Gasteiger partial charge in [0.15, 0.2) is 0 Å². The van der Waals surface area contributed by atoms with E-state index in [9.17, 15) is 14.4 Å². The van der Waals surface area contributed by atoms with Gasteiger partial charge in [-0.1, -0.05) is 33.6 Å². The first kappa shape index (κ1) is 18.3. The minimum absolute atomic E-state index is 0.0934. The number of hydrogen-bond acceptors (Lipinski definition) is 4. The van der Waals surface area contributed by atoms with Crippen LogP contribution in [0, 0.1) is 18.8 Å². The van der Waals surface area contributed by atoms with Crippen molar-refractivity contribution < 1.29 is 14.4 Å². The number of imide groups is 1. The molecule has 4 unspecified atom stereocenters. The van der Waals surface area contributed by atoms with Crippen molar-refractivity contribution in [1.82, 2.24) is 4.90 Å². The van der Waals surface area contributed by atoms with Crippen LogP contribution in [0.15, 0.2) is 46.9 Å². The molecule has 6 nitrogen and oxygen atoms in total. The van der Waals surface area contributed by atoms with Gasteiger partial charge in [0.1, 0.15) is 5.54 Å². The molecule has 4 aliphatic heterocycles. The molecule has 0 aromatic heterocycles. The fourth-order valence-electron chi connectivity index (χ4n) is 6.16. The molecule has 3 fully saturated rings. The third-order valence-corrected chi connectivity index (χ3v) is 7.76. The Morgan fingerprint density at radius 1 is 1.07 bits per heavy atom. The van der Waals surface area contributed by atoms with Crippen LogP contribution in [0.2, 0.25) is 0 Å². The van der Waals surface area contributed by atoms with Crippen molar-refractivity contribution in [2.75, 3.05) is 16.8 Å². The molecule has 4 atom stereocenters. The van der Waals surface area contributed by atoms with Gasteiger partial charge in [0.25, 0.3) is 0 Å². The normalized spacial score (nSPS) is 32.0. The molecule has 7 heteroatoms. The van der Waals surface area contributed by atoms with Gasteiger partial charge in [0.2, 0.25) is 17.7 Å². The lowest BCUT2D eigenvalue weighted by molar-refractivity contribution is -0.135. The highest BCUT2D eigenvalue weighted by Gasteiger charge is 2.74. The van der Waals surface area contributed by atoms with Crippen LogP contribution in [0.1, 0.15) is 24.0 Å². The molecule has 152 valence electrons. The number of carbonyl (C=O) groups is 3. The van der Waals surface area contributed by atoms with Gasteiger partial charge in [-0.25, -0.2) is 4.90 Å². The van der Waals surface area contributed by atoms with Crippen LogP contribution in [0.5, 0.6) is 0 Å². The van der Waals surface area contributed by atoms with Crippen molar-refractivity contribution in [2.45, 2.75) is 31.3 Å². The number of aryl methyl sites for hydroxylation is 1. The van der Waals surface area contributed by atoms with Crippen LogP contribution in [0.4, 0.5) is 11.4 Å². The Kier molecular flexibility index (Phi) is 3.66. The Labute approximate surface area is 182 Å². The van der Waals surface area contributed by atoms with Crippen molar-refractivity contribution in [3.05, 3.63) is 58.1 Å². The first-order valence-electron chi connectivity index (χ1n) is 10.3. The number of halogens is 1. The average Bonchev–Trinajstić information content (AvgIpc) is 3.42. The Hall–Kier alpha value is -2.51. The van der Waals surface area contributed by atoms with Gasteiger partial charge in [-0.2, -0.15) is 0 Å². The lowest BCUT2D eigenvalue weighted by Gasteiger charge is -2.36. The van der Waals surface area contributed by atoms with Gasteiger partial charge in [0.05, 0.1) is 17.5 Å². The number of benzene rings is 2. The number of amides is 3. The number of hydrogen-bond donors (Lipinski definition) is 1. The maximum Gasteiger partial charge on any atom is 0.250 e. The number of fused-ring (bicyclic) bond motifs is 7. The van der Waals surface area contributed by atoms with E-state index in [1.807, 2.05) is 37.3 Å². The van der Waals surface area contributed by atoms with Gasteiger partial charge in [-0.15, -0.1) is 0 Å². The summed E-state index contributed by atoms with van der Waals surface area (Å²) in [5.74, 6) is -1.84. The Balaban J connectivity index is 1.56. The molecular weight excluding hydrogens is 446 g/mol. The van der Waals surface area contributed by atoms with E-state index in [1.165, 1.54) is 4.90 Å². The highest BCUT2D eigenvalue weighted by atomic mass is 79.9. The minimum Gasteiger partial charge on any atom is -0.324 e. The molecule has 3 saturated heterocycles. The third kappa shape index (κ3) is 2.04. The lowest BCUT2D eigenvalue weighted by Crippen LogP contribution is -2.54. The molecule has 3 amide bonds. The molecule has 0 aliphatic carbocycles. The zero-order valence-electron chi connectivity index (χ0n) is 16.4. The van der Waals surface area contributed by atoms with Gasteiger partial charge in [-0.05, 0) is 56.6 Å². The smallest absolute Gasteiger partial charge is 0.250 e. The number of nitrogens with zero attached hydrogens (tertiary/aromatic N) is 2. The van der Waals surface area contributed by atoms with Crippen LogP contribution in [0.3, 0.4) is 0 Å². The molecule has 2 aromatic rings. The maximum absolute atomic E-state index is 13.8. The zero-order chi connectivity index (χ0) is 20.8. The average molecular weight is 466 g/mol. The van der Waals surface area contributed by atoms with Crippen LogP contribution < -0.4 is 10.2 Å². The summed E-state index contributed by atoms with van der Waals surface area (Å²) in [4.78, 5) is 44.4. The highest BCUT2D eigenvalue weighted by molar-refractivity contribution is 9.10. The van der Waals surface area contributed by atoms with Crippen molar-refractivity contribution in [2.24, 2.45) is 11.8 Å². The van der Waals surface area contributed by atoms with Crippen molar-refractivity contribution >= 4 is 45.0 Å². The van der Waals surface area contributed by atoms with Gasteiger partial charge in [-0.3, -0.25) is 19.3 Å². The molecule has 4 heterocycles. The molecular formula is C23H20BrN3O3. The SMILES string of the molecule is Cc1ccc2c(c1)C1(C(=O)N2)C2C(=O)N(c3ccc(Br)cc3)C(=O)C2C2CCCN21. The van der Waals surface area contributed by atoms with Crippen LogP contribution in [0.25, 0.3) is 0 Å². The molecule has 2 aromatic carbocycles. The Morgan fingerprint density at radius 2 is 1.83 bits per heavy atom. The molecule has 30 heavy (non-hydrogen) atoms. The topological polar surface area (TPSA) is 69.7 Å². The summed E-state index contributed by atoms with van der Waals surface area (Å²) >= 11 is 3.40. The quantitative estimate of drug-likeness (QED) is 0.656.